The highest BCUT2D eigenvalue weighted by Gasteiger charge is 2.29. The predicted molar refractivity (Wildman–Crippen MR) is 94.1 cm³/mol. The molecule has 2 heterocycles. The molecule has 7 nitrogen and oxygen atoms in total. The maximum absolute atomic E-state index is 12.7. The van der Waals surface area contributed by atoms with Gasteiger partial charge in [-0.25, -0.2) is 13.1 Å². The molecule has 0 saturated carbocycles. The highest BCUT2D eigenvalue weighted by Crippen LogP contribution is 2.28. The van der Waals surface area contributed by atoms with E-state index in [9.17, 15) is 13.2 Å². The van der Waals surface area contributed by atoms with Gasteiger partial charge in [0.1, 0.15) is 0 Å². The predicted octanol–water partition coefficient (Wildman–Crippen LogP) is 1.73. The number of halogens is 1. The summed E-state index contributed by atoms with van der Waals surface area (Å²) >= 11 is 6.21. The van der Waals surface area contributed by atoms with E-state index in [0.717, 1.165) is 16.8 Å². The summed E-state index contributed by atoms with van der Waals surface area (Å²) in [5.41, 5.74) is 2.51. The third kappa shape index (κ3) is 3.17. The fourth-order valence-corrected chi connectivity index (χ4v) is 4.33. The monoisotopic (exact) mass is 382 g/mol. The number of rotatable bonds is 4. The van der Waals surface area contributed by atoms with Crippen molar-refractivity contribution in [2.45, 2.75) is 31.2 Å². The molecule has 1 aromatic heterocycles. The standard InChI is InChI=1S/C16H19ClN4O3S/c1-3-12-14(17)15(20-19-12)16(22)21-8-7-11-10(9-21)5-4-6-13(11)25(23,24)18-2/h4-6,18H,3,7-9H2,1-2H3,(H,19,20). The lowest BCUT2D eigenvalue weighted by Crippen LogP contribution is -2.37. The van der Waals surface area contributed by atoms with Crippen LogP contribution in [-0.4, -0.2) is 43.0 Å². The zero-order valence-electron chi connectivity index (χ0n) is 14.0. The van der Waals surface area contributed by atoms with Crippen molar-refractivity contribution in [3.63, 3.8) is 0 Å². The van der Waals surface area contributed by atoms with E-state index in [1.165, 1.54) is 7.05 Å². The van der Waals surface area contributed by atoms with Crippen molar-refractivity contribution in [3.05, 3.63) is 45.7 Å². The van der Waals surface area contributed by atoms with Crippen LogP contribution < -0.4 is 4.72 Å². The van der Waals surface area contributed by atoms with Crippen molar-refractivity contribution in [1.29, 1.82) is 0 Å². The minimum atomic E-state index is -3.53. The van der Waals surface area contributed by atoms with Gasteiger partial charge < -0.3 is 4.90 Å². The van der Waals surface area contributed by atoms with Crippen LogP contribution in [0.5, 0.6) is 0 Å². The number of carbonyl (C=O) groups excluding carboxylic acids is 1. The van der Waals surface area contributed by atoms with Gasteiger partial charge in [-0.2, -0.15) is 5.10 Å². The first-order valence-corrected chi connectivity index (χ1v) is 9.81. The van der Waals surface area contributed by atoms with Gasteiger partial charge in [-0.15, -0.1) is 0 Å². The van der Waals surface area contributed by atoms with Crippen LogP contribution in [0.4, 0.5) is 0 Å². The number of carbonyl (C=O) groups is 1. The van der Waals surface area contributed by atoms with E-state index in [2.05, 4.69) is 14.9 Å². The van der Waals surface area contributed by atoms with E-state index in [0.29, 0.717) is 31.0 Å². The molecule has 2 aromatic rings. The molecule has 1 aromatic carbocycles. The van der Waals surface area contributed by atoms with Gasteiger partial charge in [0.05, 0.1) is 15.6 Å². The first-order valence-electron chi connectivity index (χ1n) is 7.95. The van der Waals surface area contributed by atoms with Crippen LogP contribution in [0.25, 0.3) is 0 Å². The average Bonchev–Trinajstić information content (AvgIpc) is 3.00. The van der Waals surface area contributed by atoms with Crippen LogP contribution in [0.15, 0.2) is 23.1 Å². The molecule has 0 aliphatic carbocycles. The van der Waals surface area contributed by atoms with Crippen LogP contribution in [0.3, 0.4) is 0 Å². The lowest BCUT2D eigenvalue weighted by molar-refractivity contribution is 0.0728. The molecule has 25 heavy (non-hydrogen) atoms. The highest BCUT2D eigenvalue weighted by molar-refractivity contribution is 7.89. The third-order valence-electron chi connectivity index (χ3n) is 4.40. The van der Waals surface area contributed by atoms with Gasteiger partial charge in [-0.1, -0.05) is 30.7 Å². The molecular formula is C16H19ClN4O3S. The zero-order chi connectivity index (χ0) is 18.2. The number of fused-ring (bicyclic) bond motifs is 1. The summed E-state index contributed by atoms with van der Waals surface area (Å²) in [6, 6.07) is 5.11. The minimum absolute atomic E-state index is 0.209. The van der Waals surface area contributed by atoms with E-state index in [4.69, 9.17) is 11.6 Å². The van der Waals surface area contributed by atoms with Crippen molar-refractivity contribution in [3.8, 4) is 0 Å². The number of nitrogens with zero attached hydrogens (tertiary/aromatic N) is 2. The molecule has 0 saturated heterocycles. The Morgan fingerprint density at radius 3 is 2.84 bits per heavy atom. The van der Waals surface area contributed by atoms with Crippen LogP contribution in [0, 0.1) is 0 Å². The maximum atomic E-state index is 12.7. The molecule has 0 atom stereocenters. The van der Waals surface area contributed by atoms with Crippen LogP contribution in [0.2, 0.25) is 5.02 Å². The molecule has 0 bridgehead atoms. The van der Waals surface area contributed by atoms with Crippen LogP contribution >= 0.6 is 11.6 Å². The molecule has 0 fully saturated rings. The summed E-state index contributed by atoms with van der Waals surface area (Å²) in [5.74, 6) is -0.256. The summed E-state index contributed by atoms with van der Waals surface area (Å²) in [6.45, 7) is 2.66. The summed E-state index contributed by atoms with van der Waals surface area (Å²) < 4.78 is 26.7. The van der Waals surface area contributed by atoms with E-state index < -0.39 is 10.0 Å². The Bertz CT molecular complexity index is 923. The highest BCUT2D eigenvalue weighted by atomic mass is 35.5. The van der Waals surface area contributed by atoms with Crippen molar-refractivity contribution < 1.29 is 13.2 Å². The Morgan fingerprint density at radius 2 is 2.20 bits per heavy atom. The average molecular weight is 383 g/mol. The largest absolute Gasteiger partial charge is 0.333 e. The topological polar surface area (TPSA) is 95.2 Å². The van der Waals surface area contributed by atoms with Gasteiger partial charge >= 0.3 is 0 Å². The summed E-state index contributed by atoms with van der Waals surface area (Å²) in [7, 11) is -2.14. The molecule has 2 N–H and O–H groups in total. The van der Waals surface area contributed by atoms with E-state index in [-0.39, 0.29) is 16.5 Å². The first kappa shape index (κ1) is 17.9. The zero-order valence-corrected chi connectivity index (χ0v) is 15.5. The van der Waals surface area contributed by atoms with E-state index in [1.807, 2.05) is 13.0 Å². The molecule has 0 spiro atoms. The molecular weight excluding hydrogens is 364 g/mol. The summed E-state index contributed by atoms with van der Waals surface area (Å²) in [5, 5.41) is 7.17. The van der Waals surface area contributed by atoms with Gasteiger partial charge in [-0.05, 0) is 37.1 Å². The van der Waals surface area contributed by atoms with Crippen LogP contribution in [0.1, 0.15) is 34.2 Å². The second kappa shape index (κ2) is 6.78. The number of nitrogens with one attached hydrogen (secondary N) is 2. The Kier molecular flexibility index (Phi) is 4.86. The Labute approximate surface area is 151 Å². The quantitative estimate of drug-likeness (QED) is 0.841. The number of benzene rings is 1. The lowest BCUT2D eigenvalue weighted by atomic mass is 9.99. The van der Waals surface area contributed by atoms with E-state index >= 15 is 0 Å². The number of aromatic amines is 1. The van der Waals surface area contributed by atoms with Gasteiger partial charge in [0, 0.05) is 13.1 Å². The number of aryl methyl sites for hydroxylation is 1. The van der Waals surface area contributed by atoms with Crippen LogP contribution in [-0.2, 0) is 29.4 Å². The molecule has 0 unspecified atom stereocenters. The van der Waals surface area contributed by atoms with E-state index in [1.54, 1.807) is 17.0 Å². The second-order valence-electron chi connectivity index (χ2n) is 5.80. The second-order valence-corrected chi connectivity index (χ2v) is 8.03. The SMILES string of the molecule is CCc1[nH]nc(C(=O)N2CCc3c(cccc3S(=O)(=O)NC)C2)c1Cl. The van der Waals surface area contributed by atoms with Gasteiger partial charge in [-0.3, -0.25) is 9.89 Å². The van der Waals surface area contributed by atoms with Crippen molar-refractivity contribution in [1.82, 2.24) is 19.8 Å². The van der Waals surface area contributed by atoms with Crippen molar-refractivity contribution >= 4 is 27.5 Å². The number of aromatic nitrogens is 2. The fourth-order valence-electron chi connectivity index (χ4n) is 3.00. The molecule has 0 radical (unpaired) electrons. The normalized spacial score (nSPS) is 14.4. The fraction of sp³-hybridized carbons (Fsp3) is 0.375. The van der Waals surface area contributed by atoms with Crippen molar-refractivity contribution in [2.24, 2.45) is 0 Å². The molecule has 1 aliphatic rings. The number of H-pyrrole nitrogens is 1. The number of hydrogen-bond acceptors (Lipinski definition) is 4. The molecule has 134 valence electrons. The summed E-state index contributed by atoms with van der Waals surface area (Å²) in [6.07, 6.45) is 1.12. The minimum Gasteiger partial charge on any atom is -0.333 e. The molecule has 3 rings (SSSR count). The van der Waals surface area contributed by atoms with Gasteiger partial charge in [0.2, 0.25) is 10.0 Å². The molecule has 1 amide bonds. The third-order valence-corrected chi connectivity index (χ3v) is 6.31. The maximum Gasteiger partial charge on any atom is 0.276 e. The molecule has 9 heteroatoms. The lowest BCUT2D eigenvalue weighted by Gasteiger charge is -2.29. The van der Waals surface area contributed by atoms with Gasteiger partial charge in [0.15, 0.2) is 5.69 Å². The number of hydrogen-bond donors (Lipinski definition) is 2. The number of sulfonamides is 1. The Hall–Kier alpha value is -1.90. The number of amides is 1. The van der Waals surface area contributed by atoms with Gasteiger partial charge in [0.25, 0.3) is 5.91 Å². The smallest absolute Gasteiger partial charge is 0.276 e. The molecule has 1 aliphatic heterocycles. The first-order chi connectivity index (χ1) is 11.9. The Morgan fingerprint density at radius 1 is 1.44 bits per heavy atom. The Balaban J connectivity index is 1.90. The van der Waals surface area contributed by atoms with Crippen molar-refractivity contribution in [2.75, 3.05) is 13.6 Å². The summed E-state index contributed by atoms with van der Waals surface area (Å²) in [4.78, 5) is 14.6.